The van der Waals surface area contributed by atoms with Gasteiger partial charge in [0.15, 0.2) is 0 Å². The van der Waals surface area contributed by atoms with Crippen molar-refractivity contribution in [1.29, 1.82) is 0 Å². The SMILES string of the molecule is O=C(N[c-]1cccc1)OCC1c2ccccc2-c2ccccc21.O=C(O)[c-]1[cH-][cH-][cH-][cH-]1.[Fe]. The number of hydrogen-bond acceptors (Lipinski definition) is 3. The molecule has 0 unspecified atom stereocenters. The molecule has 5 rings (SSSR count). The monoisotopic (exact) mass is 467 g/mol. The molecule has 0 bridgehead atoms. The minimum atomic E-state index is -0.866. The van der Waals surface area contributed by atoms with E-state index in [2.05, 4.69) is 29.6 Å². The molecule has 0 fully saturated rings. The van der Waals surface area contributed by atoms with E-state index in [1.807, 2.05) is 48.5 Å². The van der Waals surface area contributed by atoms with Crippen LogP contribution in [-0.4, -0.2) is 23.8 Å². The molecular formula is C26H21FeNO4-6. The van der Waals surface area contributed by atoms with Crippen molar-refractivity contribution in [2.24, 2.45) is 0 Å². The van der Waals surface area contributed by atoms with Gasteiger partial charge in [-0.2, -0.15) is 12.1 Å². The zero-order valence-electron chi connectivity index (χ0n) is 17.0. The molecule has 4 aromatic rings. The first-order valence-electron chi connectivity index (χ1n) is 9.92. The van der Waals surface area contributed by atoms with E-state index >= 15 is 0 Å². The topological polar surface area (TPSA) is 75.6 Å². The van der Waals surface area contributed by atoms with Gasteiger partial charge in [-0.15, -0.1) is 18.1 Å². The van der Waals surface area contributed by atoms with E-state index in [4.69, 9.17) is 9.84 Å². The van der Waals surface area contributed by atoms with Crippen LogP contribution in [0.1, 0.15) is 27.4 Å². The fourth-order valence-corrected chi connectivity index (χ4v) is 3.73. The van der Waals surface area contributed by atoms with Gasteiger partial charge in [0.1, 0.15) is 0 Å². The molecule has 0 saturated heterocycles. The van der Waals surface area contributed by atoms with Crippen LogP contribution in [0.5, 0.6) is 0 Å². The largest absolute Gasteiger partial charge is 0.681 e. The number of amides is 1. The number of nitrogens with one attached hydrogen (secondary N) is 1. The number of carbonyl (C=O) groups is 2. The average Bonchev–Trinajstić information content (AvgIpc) is 3.54. The van der Waals surface area contributed by atoms with Crippen molar-refractivity contribution in [3.8, 4) is 11.1 Å². The van der Waals surface area contributed by atoms with E-state index in [9.17, 15) is 9.59 Å². The Morgan fingerprint density at radius 3 is 1.94 bits per heavy atom. The van der Waals surface area contributed by atoms with Crippen molar-refractivity contribution < 1.29 is 36.5 Å². The molecule has 2 N–H and O–H groups in total. The minimum Gasteiger partial charge on any atom is -0.681 e. The summed E-state index contributed by atoms with van der Waals surface area (Å²) in [6.07, 6.45) is -0.418. The molecule has 0 radical (unpaired) electrons. The van der Waals surface area contributed by atoms with Crippen LogP contribution < -0.4 is 5.32 Å². The third-order valence-electron chi connectivity index (χ3n) is 5.16. The summed E-state index contributed by atoms with van der Waals surface area (Å²) in [7, 11) is 0. The number of carbonyl (C=O) groups excluding carboxylic acids is 1. The van der Waals surface area contributed by atoms with Gasteiger partial charge in [0.2, 0.25) is 0 Å². The zero-order chi connectivity index (χ0) is 21.6. The summed E-state index contributed by atoms with van der Waals surface area (Å²) >= 11 is 0. The summed E-state index contributed by atoms with van der Waals surface area (Å²) < 4.78 is 5.46. The Kier molecular flexibility index (Phi) is 7.66. The van der Waals surface area contributed by atoms with E-state index in [1.165, 1.54) is 22.3 Å². The zero-order valence-corrected chi connectivity index (χ0v) is 18.2. The van der Waals surface area contributed by atoms with Crippen LogP contribution >= 0.6 is 0 Å². The van der Waals surface area contributed by atoms with Gasteiger partial charge < -0.3 is 49.8 Å². The third-order valence-corrected chi connectivity index (χ3v) is 5.16. The average molecular weight is 467 g/mol. The predicted molar refractivity (Wildman–Crippen MR) is 120 cm³/mol. The third kappa shape index (κ3) is 5.17. The fourth-order valence-electron chi connectivity index (χ4n) is 3.73. The number of rotatable bonds is 4. The van der Waals surface area contributed by atoms with E-state index in [-0.39, 0.29) is 23.0 Å². The molecule has 168 valence electrons. The van der Waals surface area contributed by atoms with Crippen LogP contribution in [0.2, 0.25) is 0 Å². The predicted octanol–water partition coefficient (Wildman–Crippen LogP) is 5.87. The summed E-state index contributed by atoms with van der Waals surface area (Å²) in [4.78, 5) is 22.0. The molecule has 5 nitrogen and oxygen atoms in total. The summed E-state index contributed by atoms with van der Waals surface area (Å²) in [5.41, 5.74) is 6.00. The molecule has 0 aromatic heterocycles. The Labute approximate surface area is 196 Å². The number of anilines is 1. The summed E-state index contributed by atoms with van der Waals surface area (Å²) in [6, 6.07) is 30.5. The number of carboxylic acid groups (broad SMARTS) is 1. The van der Waals surface area contributed by atoms with Crippen molar-refractivity contribution in [3.05, 3.63) is 114 Å². The van der Waals surface area contributed by atoms with Crippen LogP contribution in [0.15, 0.2) is 97.1 Å². The second kappa shape index (κ2) is 10.6. The first kappa shape index (κ1) is 23.1. The minimum absolute atomic E-state index is 0. The van der Waals surface area contributed by atoms with Gasteiger partial charge in [0.05, 0.1) is 6.61 Å². The standard InChI is InChI=1S/C20H16NO2.C6H5O2.Fe/c22-20(21-14-7-1-2-8-14)23-13-19-17-11-5-3-9-15(17)16-10-4-6-12-18(16)19;7-6(8)5-3-1-2-4-5;/h1-12,19H,13H2,(H,21,22);1-4H,(H,7,8);/q-1;-5;. The molecule has 1 aliphatic carbocycles. The molecule has 6 heteroatoms. The molecule has 4 aromatic carbocycles. The molecule has 0 spiro atoms. The molecule has 0 heterocycles. The van der Waals surface area contributed by atoms with Crippen LogP contribution in [0, 0.1) is 0 Å². The van der Waals surface area contributed by atoms with E-state index < -0.39 is 12.1 Å². The Hall–Kier alpha value is -3.60. The van der Waals surface area contributed by atoms with Gasteiger partial charge >= 0.3 is 6.09 Å². The van der Waals surface area contributed by atoms with Crippen molar-refractivity contribution in [3.63, 3.8) is 0 Å². The van der Waals surface area contributed by atoms with Crippen LogP contribution in [0.3, 0.4) is 0 Å². The van der Waals surface area contributed by atoms with Gasteiger partial charge in [-0.25, -0.2) is 0 Å². The van der Waals surface area contributed by atoms with Gasteiger partial charge in [-0.1, -0.05) is 48.5 Å². The normalized spacial score (nSPS) is 11.2. The summed E-state index contributed by atoms with van der Waals surface area (Å²) in [6.45, 7) is 0.334. The van der Waals surface area contributed by atoms with Crippen molar-refractivity contribution in [2.45, 2.75) is 5.92 Å². The maximum absolute atomic E-state index is 12.0. The van der Waals surface area contributed by atoms with Crippen molar-refractivity contribution >= 4 is 17.7 Å². The molecule has 1 amide bonds. The van der Waals surface area contributed by atoms with Crippen LogP contribution in [0.4, 0.5) is 10.5 Å². The molecule has 1 aliphatic rings. The molecular weight excluding hydrogens is 446 g/mol. The Balaban J connectivity index is 0.000000274. The smallest absolute Gasteiger partial charge is 0.332 e. The van der Waals surface area contributed by atoms with Gasteiger partial charge in [0.25, 0.3) is 0 Å². The number of aromatic carboxylic acids is 1. The second-order valence-electron chi connectivity index (χ2n) is 7.10. The summed E-state index contributed by atoms with van der Waals surface area (Å²) in [5, 5.41) is 11.0. The number of hydrogen-bond donors (Lipinski definition) is 2. The van der Waals surface area contributed by atoms with Gasteiger partial charge in [0, 0.05) is 23.0 Å². The first-order chi connectivity index (χ1) is 15.1. The Morgan fingerprint density at radius 2 is 1.44 bits per heavy atom. The van der Waals surface area contributed by atoms with Gasteiger partial charge in [-0.3, -0.25) is 4.79 Å². The second-order valence-corrected chi connectivity index (χ2v) is 7.10. The molecule has 0 saturated carbocycles. The van der Waals surface area contributed by atoms with E-state index in [0.717, 1.165) is 5.69 Å². The van der Waals surface area contributed by atoms with Crippen LogP contribution in [-0.2, 0) is 21.8 Å². The summed E-state index contributed by atoms with van der Waals surface area (Å²) in [5.74, 6) is -0.775. The molecule has 0 aliphatic heterocycles. The van der Waals surface area contributed by atoms with Gasteiger partial charge in [-0.05, 0) is 27.9 Å². The van der Waals surface area contributed by atoms with Crippen LogP contribution in [0.25, 0.3) is 11.1 Å². The fraction of sp³-hybridized carbons (Fsp3) is 0.0769. The number of carboxylic acids is 1. The maximum Gasteiger partial charge on any atom is 0.332 e. The van der Waals surface area contributed by atoms with Crippen molar-refractivity contribution in [2.75, 3.05) is 11.9 Å². The number of fused-ring (bicyclic) bond motifs is 3. The Morgan fingerprint density at radius 1 is 0.906 bits per heavy atom. The molecule has 0 atom stereocenters. The van der Waals surface area contributed by atoms with E-state index in [0.29, 0.717) is 12.2 Å². The molecule has 32 heavy (non-hydrogen) atoms. The number of ether oxygens (including phenoxy) is 1. The van der Waals surface area contributed by atoms with E-state index in [1.54, 1.807) is 24.3 Å². The first-order valence-corrected chi connectivity index (χ1v) is 9.92. The Bertz CT molecular complexity index is 1120. The number of benzene rings is 2. The quantitative estimate of drug-likeness (QED) is 0.291. The van der Waals surface area contributed by atoms with Crippen molar-refractivity contribution in [1.82, 2.24) is 0 Å². The maximum atomic E-state index is 12.0.